The minimum Gasteiger partial charge on any atom is -0.369 e. The summed E-state index contributed by atoms with van der Waals surface area (Å²) in [5, 5.41) is 0. The zero-order valence-electron chi connectivity index (χ0n) is 16.9. The van der Waals surface area contributed by atoms with Gasteiger partial charge in [-0.25, -0.2) is 9.97 Å². The van der Waals surface area contributed by atoms with E-state index in [-0.39, 0.29) is 5.92 Å². The zero-order valence-corrected chi connectivity index (χ0v) is 16.9. The van der Waals surface area contributed by atoms with E-state index in [0.29, 0.717) is 17.5 Å². The van der Waals surface area contributed by atoms with Gasteiger partial charge in [-0.1, -0.05) is 13.8 Å². The van der Waals surface area contributed by atoms with E-state index in [0.717, 1.165) is 69.9 Å². The van der Waals surface area contributed by atoms with Gasteiger partial charge >= 0.3 is 0 Å². The van der Waals surface area contributed by atoms with E-state index >= 15 is 0 Å². The van der Waals surface area contributed by atoms with Crippen molar-refractivity contribution in [2.45, 2.75) is 26.7 Å². The van der Waals surface area contributed by atoms with E-state index in [1.807, 2.05) is 12.3 Å². The van der Waals surface area contributed by atoms with Gasteiger partial charge in [0.1, 0.15) is 5.52 Å². The molecule has 0 aromatic carbocycles. The number of hydrogen-bond donors (Lipinski definition) is 0. The quantitative estimate of drug-likeness (QED) is 0.806. The molecule has 7 heteroatoms. The van der Waals surface area contributed by atoms with Crippen molar-refractivity contribution in [1.82, 2.24) is 24.8 Å². The van der Waals surface area contributed by atoms with Gasteiger partial charge in [-0.05, 0) is 24.8 Å². The SMILES string of the molecule is CC(C)CN1CCN(C(=O)[C@H]2CCCN(c3cnc4nccnc4c3)C2)CC1. The fourth-order valence-electron chi connectivity index (χ4n) is 4.36. The molecule has 0 unspecified atom stereocenters. The standard InChI is InChI=1S/C21H30N6O/c1-16(2)14-25-8-10-26(11-9-25)21(28)17-4-3-7-27(15-17)18-12-19-20(24-13-18)23-6-5-22-19/h5-6,12-13,16-17H,3-4,7-11,14-15H2,1-2H3/t17-/m0/s1. The van der Waals surface area contributed by atoms with Crippen LogP contribution in [-0.2, 0) is 4.79 Å². The summed E-state index contributed by atoms with van der Waals surface area (Å²) in [7, 11) is 0. The third kappa shape index (κ3) is 4.24. The van der Waals surface area contributed by atoms with E-state index in [9.17, 15) is 4.79 Å². The summed E-state index contributed by atoms with van der Waals surface area (Å²) in [6.07, 6.45) is 7.21. The second kappa shape index (κ2) is 8.39. The van der Waals surface area contributed by atoms with E-state index in [4.69, 9.17) is 0 Å². The van der Waals surface area contributed by atoms with Gasteiger partial charge in [0.15, 0.2) is 5.65 Å². The van der Waals surface area contributed by atoms with E-state index in [1.54, 1.807) is 12.4 Å². The predicted octanol–water partition coefficient (Wildman–Crippen LogP) is 2.04. The molecule has 4 rings (SSSR count). The van der Waals surface area contributed by atoms with Gasteiger partial charge in [-0.2, -0.15) is 0 Å². The molecule has 2 aliphatic heterocycles. The Morgan fingerprint density at radius 2 is 1.89 bits per heavy atom. The first kappa shape index (κ1) is 19.1. The molecule has 2 aliphatic rings. The molecule has 0 aliphatic carbocycles. The highest BCUT2D eigenvalue weighted by Gasteiger charge is 2.31. The van der Waals surface area contributed by atoms with Crippen molar-refractivity contribution < 1.29 is 4.79 Å². The molecule has 2 saturated heterocycles. The summed E-state index contributed by atoms with van der Waals surface area (Å²) in [4.78, 5) is 33.0. The van der Waals surface area contributed by atoms with Crippen LogP contribution in [0.3, 0.4) is 0 Å². The summed E-state index contributed by atoms with van der Waals surface area (Å²) in [5.74, 6) is 1.07. The number of rotatable bonds is 4. The molecule has 2 aromatic rings. The molecule has 0 N–H and O–H groups in total. The summed E-state index contributed by atoms with van der Waals surface area (Å²) in [6, 6.07) is 2.03. The molecule has 0 spiro atoms. The molecule has 1 atom stereocenters. The first-order valence-corrected chi connectivity index (χ1v) is 10.4. The first-order chi connectivity index (χ1) is 13.6. The Labute approximate surface area is 166 Å². The monoisotopic (exact) mass is 382 g/mol. The minimum absolute atomic E-state index is 0.0722. The molecule has 2 aromatic heterocycles. The average Bonchev–Trinajstić information content (AvgIpc) is 2.73. The maximum atomic E-state index is 13.1. The summed E-state index contributed by atoms with van der Waals surface area (Å²) in [6.45, 7) is 11.0. The van der Waals surface area contributed by atoms with Gasteiger partial charge < -0.3 is 9.80 Å². The molecule has 0 saturated carbocycles. The van der Waals surface area contributed by atoms with Crippen LogP contribution in [0.15, 0.2) is 24.7 Å². The fourth-order valence-corrected chi connectivity index (χ4v) is 4.36. The average molecular weight is 383 g/mol. The Kier molecular flexibility index (Phi) is 5.71. The number of pyridine rings is 1. The van der Waals surface area contributed by atoms with Gasteiger partial charge in [0.05, 0.1) is 17.8 Å². The van der Waals surface area contributed by atoms with Crippen molar-refractivity contribution in [3.8, 4) is 0 Å². The lowest BCUT2D eigenvalue weighted by Crippen LogP contribution is -2.53. The van der Waals surface area contributed by atoms with Crippen LogP contribution in [0.5, 0.6) is 0 Å². The van der Waals surface area contributed by atoms with E-state index in [2.05, 4.69) is 43.5 Å². The highest BCUT2D eigenvalue weighted by molar-refractivity contribution is 5.80. The number of fused-ring (bicyclic) bond motifs is 1. The highest BCUT2D eigenvalue weighted by atomic mass is 16.2. The maximum absolute atomic E-state index is 13.1. The number of hydrogen-bond acceptors (Lipinski definition) is 6. The van der Waals surface area contributed by atoms with Crippen molar-refractivity contribution in [3.05, 3.63) is 24.7 Å². The van der Waals surface area contributed by atoms with Gasteiger partial charge in [0.2, 0.25) is 5.91 Å². The number of carbonyl (C=O) groups excluding carboxylic acids is 1. The molecule has 1 amide bonds. The van der Waals surface area contributed by atoms with Crippen molar-refractivity contribution in [2.75, 3.05) is 50.7 Å². The van der Waals surface area contributed by atoms with Crippen LogP contribution in [0.1, 0.15) is 26.7 Å². The fraction of sp³-hybridized carbons (Fsp3) is 0.619. The first-order valence-electron chi connectivity index (χ1n) is 10.4. The Morgan fingerprint density at radius 1 is 1.11 bits per heavy atom. The van der Waals surface area contributed by atoms with E-state index in [1.165, 1.54) is 0 Å². The van der Waals surface area contributed by atoms with Gasteiger partial charge in [0, 0.05) is 58.2 Å². The number of aromatic nitrogens is 3. The smallest absolute Gasteiger partial charge is 0.227 e. The molecule has 28 heavy (non-hydrogen) atoms. The molecular weight excluding hydrogens is 352 g/mol. The number of piperazine rings is 1. The number of carbonyl (C=O) groups is 1. The molecular formula is C21H30N6O. The van der Waals surface area contributed by atoms with Crippen LogP contribution in [0.4, 0.5) is 5.69 Å². The van der Waals surface area contributed by atoms with Crippen LogP contribution in [0.2, 0.25) is 0 Å². The Bertz CT molecular complexity index is 817. The highest BCUT2D eigenvalue weighted by Crippen LogP contribution is 2.26. The second-order valence-electron chi connectivity index (χ2n) is 8.40. The molecule has 2 fully saturated rings. The van der Waals surface area contributed by atoms with Crippen LogP contribution in [0, 0.1) is 11.8 Å². The van der Waals surface area contributed by atoms with Crippen molar-refractivity contribution in [2.24, 2.45) is 11.8 Å². The van der Waals surface area contributed by atoms with Crippen LogP contribution in [-0.4, -0.2) is 76.5 Å². The molecule has 4 heterocycles. The minimum atomic E-state index is 0.0722. The Morgan fingerprint density at radius 3 is 2.68 bits per heavy atom. The van der Waals surface area contributed by atoms with Crippen molar-refractivity contribution in [3.63, 3.8) is 0 Å². The lowest BCUT2D eigenvalue weighted by atomic mass is 9.95. The van der Waals surface area contributed by atoms with E-state index < -0.39 is 0 Å². The van der Waals surface area contributed by atoms with Crippen molar-refractivity contribution >= 4 is 22.8 Å². The van der Waals surface area contributed by atoms with Gasteiger partial charge in [-0.3, -0.25) is 14.7 Å². The van der Waals surface area contributed by atoms with Crippen LogP contribution < -0.4 is 4.90 Å². The zero-order chi connectivity index (χ0) is 19.5. The maximum Gasteiger partial charge on any atom is 0.227 e. The number of nitrogens with zero attached hydrogens (tertiary/aromatic N) is 6. The molecule has 0 radical (unpaired) electrons. The van der Waals surface area contributed by atoms with Crippen molar-refractivity contribution in [1.29, 1.82) is 0 Å². The summed E-state index contributed by atoms with van der Waals surface area (Å²) < 4.78 is 0. The van der Waals surface area contributed by atoms with Gasteiger partial charge in [-0.15, -0.1) is 0 Å². The van der Waals surface area contributed by atoms with Gasteiger partial charge in [0.25, 0.3) is 0 Å². The Hall–Kier alpha value is -2.28. The van der Waals surface area contributed by atoms with Crippen LogP contribution >= 0.6 is 0 Å². The third-order valence-corrected chi connectivity index (χ3v) is 5.75. The largest absolute Gasteiger partial charge is 0.369 e. The third-order valence-electron chi connectivity index (χ3n) is 5.75. The molecule has 150 valence electrons. The normalized spacial score (nSPS) is 21.5. The molecule has 7 nitrogen and oxygen atoms in total. The number of piperidine rings is 1. The number of amides is 1. The Balaban J connectivity index is 1.38. The topological polar surface area (TPSA) is 65.5 Å². The lowest BCUT2D eigenvalue weighted by Gasteiger charge is -2.39. The van der Waals surface area contributed by atoms with Crippen LogP contribution in [0.25, 0.3) is 11.2 Å². The molecule has 0 bridgehead atoms. The predicted molar refractivity (Wildman–Crippen MR) is 110 cm³/mol. The second-order valence-corrected chi connectivity index (χ2v) is 8.40. The summed E-state index contributed by atoms with van der Waals surface area (Å²) in [5.41, 5.74) is 2.50. The lowest BCUT2D eigenvalue weighted by molar-refractivity contribution is -0.137. The summed E-state index contributed by atoms with van der Waals surface area (Å²) >= 11 is 0. The number of anilines is 1.